The molecule has 0 bridgehead atoms. The molecule has 3 heteroatoms. The van der Waals surface area contributed by atoms with E-state index >= 15 is 0 Å². The van der Waals surface area contributed by atoms with Gasteiger partial charge in [-0.2, -0.15) is 0 Å². The molecule has 0 fully saturated rings. The Hall–Kier alpha value is 0.110. The number of ether oxygens (including phenoxy) is 1. The van der Waals surface area contributed by atoms with Crippen molar-refractivity contribution in [1.82, 2.24) is 0 Å². The molecule has 0 radical (unpaired) electrons. The normalized spacial score (nSPS) is 10.1. The molecule has 2 nitrogen and oxygen atoms in total. The molecule has 0 aromatic heterocycles. The molecule has 18 heavy (non-hydrogen) atoms. The monoisotopic (exact) mass is 321 g/mol. The highest BCUT2D eigenvalue weighted by Gasteiger charge is 1.93. The first-order valence-electron chi connectivity index (χ1n) is 7.53. The van der Waals surface area contributed by atoms with Gasteiger partial charge in [-0.25, -0.2) is 0 Å². The van der Waals surface area contributed by atoms with Crippen LogP contribution in [0, 0.1) is 0 Å². The highest BCUT2D eigenvalue weighted by molar-refractivity contribution is 5.49. The van der Waals surface area contributed by atoms with Gasteiger partial charge in [-0.1, -0.05) is 64.7 Å². The summed E-state index contributed by atoms with van der Waals surface area (Å²) in [5, 5.41) is 5.26. The van der Waals surface area contributed by atoms with Crippen LogP contribution in [0.3, 0.4) is 0 Å². The molecule has 110 valence electrons. The predicted octanol–water partition coefficient (Wildman–Crippen LogP) is 0.148. The van der Waals surface area contributed by atoms with Gasteiger partial charge < -0.3 is 21.7 Å². The Morgan fingerprint density at radius 2 is 1.28 bits per heavy atom. The van der Waals surface area contributed by atoms with E-state index in [1.807, 2.05) is 0 Å². The molecule has 0 aliphatic rings. The summed E-state index contributed by atoms with van der Waals surface area (Å²) >= 11 is 0. The Morgan fingerprint density at radius 1 is 0.778 bits per heavy atom. The van der Waals surface area contributed by atoms with Gasteiger partial charge in [-0.15, -0.1) is 0 Å². The number of nitrogens with two attached hydrogens (primary N) is 1. The van der Waals surface area contributed by atoms with Gasteiger partial charge in [0.2, 0.25) is 0 Å². The average molecular weight is 322 g/mol. The predicted molar refractivity (Wildman–Crippen MR) is 75.3 cm³/mol. The quantitative estimate of drug-likeness (QED) is 0.359. The molecular formula is C15H32BrNO. The molecule has 0 unspecified atom stereocenters. The lowest BCUT2D eigenvalue weighted by molar-refractivity contribution is -0.108. The van der Waals surface area contributed by atoms with Gasteiger partial charge in [0.15, 0.2) is 0 Å². The topological polar surface area (TPSA) is 34.8 Å². The third kappa shape index (κ3) is 18.5. The van der Waals surface area contributed by atoms with Crippen LogP contribution in [-0.2, 0) is 4.74 Å². The minimum Gasteiger partial charge on any atom is -1.00 e. The van der Waals surface area contributed by atoms with Gasteiger partial charge in [-0.05, 0) is 6.42 Å². The Balaban J connectivity index is 0. The second kappa shape index (κ2) is 19.4. The van der Waals surface area contributed by atoms with Crippen molar-refractivity contribution in [3.63, 3.8) is 0 Å². The molecule has 0 atom stereocenters. The van der Waals surface area contributed by atoms with Crippen LogP contribution >= 0.6 is 0 Å². The van der Waals surface area contributed by atoms with Gasteiger partial charge in [-0.3, -0.25) is 5.41 Å². The Labute approximate surface area is 124 Å². The summed E-state index contributed by atoms with van der Waals surface area (Å²) in [6, 6.07) is 0. The molecule has 0 saturated heterocycles. The molecule has 0 rings (SSSR count). The van der Waals surface area contributed by atoms with Crippen LogP contribution in [0.15, 0.2) is 0 Å². The largest absolute Gasteiger partial charge is 1.00 e. The number of hydrogen-bond acceptors (Lipinski definition) is 1. The van der Waals surface area contributed by atoms with E-state index in [-0.39, 0.29) is 17.0 Å². The van der Waals surface area contributed by atoms with Gasteiger partial charge >= 0.3 is 0 Å². The van der Waals surface area contributed by atoms with Crippen LogP contribution in [0.4, 0.5) is 0 Å². The van der Waals surface area contributed by atoms with Crippen molar-refractivity contribution in [2.75, 3.05) is 13.2 Å². The van der Waals surface area contributed by atoms with Crippen LogP contribution in [0.2, 0.25) is 0 Å². The lowest BCUT2D eigenvalue weighted by atomic mass is 10.1. The fourth-order valence-corrected chi connectivity index (χ4v) is 1.94. The Kier molecular flexibility index (Phi) is 22.1. The number of rotatable bonds is 14. The minimum absolute atomic E-state index is 0. The molecular weight excluding hydrogens is 290 g/mol. The van der Waals surface area contributed by atoms with Gasteiger partial charge in [0.1, 0.15) is 6.21 Å². The smallest absolute Gasteiger partial charge is 0.138 e. The Morgan fingerprint density at radius 3 is 1.78 bits per heavy atom. The maximum Gasteiger partial charge on any atom is 0.138 e. The molecule has 0 aliphatic carbocycles. The Bertz CT molecular complexity index is 153. The number of unbranched alkanes of at least 4 members (excludes halogenated alkanes) is 9. The van der Waals surface area contributed by atoms with Gasteiger partial charge in [0, 0.05) is 13.0 Å². The van der Waals surface area contributed by atoms with Crippen LogP contribution in [0.25, 0.3) is 0 Å². The molecule has 2 N–H and O–H groups in total. The van der Waals surface area contributed by atoms with E-state index < -0.39 is 0 Å². The first-order valence-corrected chi connectivity index (χ1v) is 7.53. The summed E-state index contributed by atoms with van der Waals surface area (Å²) < 4.78 is 5.43. The average Bonchev–Trinajstić information content (AvgIpc) is 2.35. The van der Waals surface area contributed by atoms with E-state index in [9.17, 15) is 0 Å². The standard InChI is InChI=1S/C15H31NO.BrH/c1-2-3-4-5-6-7-8-9-10-11-14-17-15-12-13-16;/h13,16H,2-12,14-15H2,1H3;1H. The molecule has 0 heterocycles. The van der Waals surface area contributed by atoms with Crippen molar-refractivity contribution < 1.29 is 27.1 Å². The van der Waals surface area contributed by atoms with E-state index in [1.54, 1.807) is 6.21 Å². The maximum atomic E-state index is 5.43. The highest BCUT2D eigenvalue weighted by Crippen LogP contribution is 2.10. The molecule has 0 aromatic carbocycles. The van der Waals surface area contributed by atoms with Crippen LogP contribution in [0.5, 0.6) is 0 Å². The molecule has 0 amide bonds. The summed E-state index contributed by atoms with van der Waals surface area (Å²) in [5.41, 5.74) is 0. The zero-order valence-corrected chi connectivity index (χ0v) is 13.7. The summed E-state index contributed by atoms with van der Waals surface area (Å²) in [7, 11) is 0. The van der Waals surface area contributed by atoms with E-state index in [0.717, 1.165) is 19.6 Å². The van der Waals surface area contributed by atoms with Crippen molar-refractivity contribution in [2.45, 2.75) is 77.6 Å². The molecule has 0 aromatic rings. The first-order chi connectivity index (χ1) is 8.41. The first kappa shape index (κ1) is 20.4. The molecule has 0 spiro atoms. The summed E-state index contributed by atoms with van der Waals surface area (Å²) in [6.45, 7) is 3.96. The fourth-order valence-electron chi connectivity index (χ4n) is 1.94. The van der Waals surface area contributed by atoms with Crippen LogP contribution in [-0.4, -0.2) is 19.4 Å². The van der Waals surface area contributed by atoms with Gasteiger partial charge in [0.05, 0.1) is 6.61 Å². The second-order valence-corrected chi connectivity index (χ2v) is 4.82. The maximum absolute atomic E-state index is 5.43. The zero-order valence-electron chi connectivity index (χ0n) is 12.1. The summed E-state index contributed by atoms with van der Waals surface area (Å²) in [4.78, 5) is 0. The van der Waals surface area contributed by atoms with Crippen molar-refractivity contribution in [3.05, 3.63) is 0 Å². The summed E-state index contributed by atoms with van der Waals surface area (Å²) in [6.07, 6.45) is 16.3. The van der Waals surface area contributed by atoms with Crippen molar-refractivity contribution in [3.8, 4) is 0 Å². The van der Waals surface area contributed by atoms with Gasteiger partial charge in [0.25, 0.3) is 0 Å². The number of halogens is 1. The SMILES string of the molecule is CCCCCCCCCCCCOCCC=[NH2+].[Br-]. The lowest BCUT2D eigenvalue weighted by Gasteiger charge is -2.03. The van der Waals surface area contributed by atoms with E-state index in [4.69, 9.17) is 10.1 Å². The molecule has 0 aliphatic heterocycles. The lowest BCUT2D eigenvalue weighted by Crippen LogP contribution is -3.00. The van der Waals surface area contributed by atoms with Crippen LogP contribution < -0.4 is 22.4 Å². The molecule has 0 saturated carbocycles. The zero-order chi connectivity index (χ0) is 12.6. The van der Waals surface area contributed by atoms with Crippen molar-refractivity contribution in [2.24, 2.45) is 0 Å². The van der Waals surface area contributed by atoms with E-state index in [2.05, 4.69) is 6.92 Å². The third-order valence-electron chi connectivity index (χ3n) is 3.07. The fraction of sp³-hybridized carbons (Fsp3) is 0.933. The van der Waals surface area contributed by atoms with Crippen molar-refractivity contribution >= 4 is 6.21 Å². The third-order valence-corrected chi connectivity index (χ3v) is 3.07. The highest BCUT2D eigenvalue weighted by atomic mass is 79.9. The van der Waals surface area contributed by atoms with E-state index in [0.29, 0.717) is 0 Å². The van der Waals surface area contributed by atoms with Crippen molar-refractivity contribution in [1.29, 1.82) is 0 Å². The minimum atomic E-state index is 0. The summed E-state index contributed by atoms with van der Waals surface area (Å²) in [5.74, 6) is 0. The van der Waals surface area contributed by atoms with E-state index in [1.165, 1.54) is 64.2 Å². The number of hydrogen-bond donors (Lipinski definition) is 1. The van der Waals surface area contributed by atoms with Crippen LogP contribution in [0.1, 0.15) is 77.6 Å². The second-order valence-electron chi connectivity index (χ2n) is 4.82.